The Morgan fingerprint density at radius 3 is 2.50 bits per heavy atom. The fourth-order valence-corrected chi connectivity index (χ4v) is 3.47. The molecule has 0 spiro atoms. The summed E-state index contributed by atoms with van der Waals surface area (Å²) in [4.78, 5) is 26.3. The summed E-state index contributed by atoms with van der Waals surface area (Å²) in [7, 11) is 2.03. The molecule has 0 N–H and O–H groups in total. The highest BCUT2D eigenvalue weighted by molar-refractivity contribution is 5.46. The van der Waals surface area contributed by atoms with Crippen LogP contribution in [-0.2, 0) is 20.1 Å². The van der Waals surface area contributed by atoms with Crippen LogP contribution in [0.3, 0.4) is 0 Å². The summed E-state index contributed by atoms with van der Waals surface area (Å²) < 4.78 is 3.69. The molecule has 0 amide bonds. The molecular formula is C19H24N6O. The van der Waals surface area contributed by atoms with Crippen molar-refractivity contribution in [2.24, 2.45) is 7.05 Å². The summed E-state index contributed by atoms with van der Waals surface area (Å²) >= 11 is 0. The van der Waals surface area contributed by atoms with Gasteiger partial charge in [-0.2, -0.15) is 0 Å². The molecule has 7 nitrogen and oxygen atoms in total. The lowest BCUT2D eigenvalue weighted by Crippen LogP contribution is -2.45. The first kappa shape index (κ1) is 16.9. The van der Waals surface area contributed by atoms with Crippen molar-refractivity contribution in [3.05, 3.63) is 64.2 Å². The van der Waals surface area contributed by atoms with Gasteiger partial charge in [0.1, 0.15) is 11.5 Å². The van der Waals surface area contributed by atoms with Crippen LogP contribution in [0.1, 0.15) is 17.1 Å². The zero-order chi connectivity index (χ0) is 18.1. The number of aryl methyl sites for hydroxylation is 2. The third kappa shape index (κ3) is 3.40. The topological polar surface area (TPSA) is 58.7 Å². The molecule has 0 bridgehead atoms. The Labute approximate surface area is 152 Å². The molecule has 26 heavy (non-hydrogen) atoms. The number of aromatic nitrogens is 4. The van der Waals surface area contributed by atoms with Crippen LogP contribution in [0.4, 0.5) is 0 Å². The Bertz CT molecular complexity index is 968. The van der Waals surface area contributed by atoms with Crippen LogP contribution < -0.4 is 5.56 Å². The van der Waals surface area contributed by atoms with Crippen molar-refractivity contribution in [3.8, 4) is 0 Å². The fraction of sp³-hybridized carbons (Fsp3) is 0.421. The minimum atomic E-state index is -0.0119. The van der Waals surface area contributed by atoms with E-state index in [2.05, 4.69) is 19.4 Å². The number of hydrogen-bond donors (Lipinski definition) is 0. The maximum Gasteiger partial charge on any atom is 0.258 e. The van der Waals surface area contributed by atoms with E-state index in [0.29, 0.717) is 0 Å². The summed E-state index contributed by atoms with van der Waals surface area (Å²) in [5.74, 6) is 1.10. The highest BCUT2D eigenvalue weighted by Crippen LogP contribution is 2.11. The Morgan fingerprint density at radius 2 is 1.81 bits per heavy atom. The lowest BCUT2D eigenvalue weighted by atomic mass is 10.2. The first-order valence-electron chi connectivity index (χ1n) is 8.99. The van der Waals surface area contributed by atoms with E-state index in [0.717, 1.165) is 62.0 Å². The molecular weight excluding hydrogens is 328 g/mol. The molecule has 3 aromatic rings. The summed E-state index contributed by atoms with van der Waals surface area (Å²) in [6, 6.07) is 5.53. The molecule has 1 saturated heterocycles. The molecule has 4 rings (SSSR count). The first-order chi connectivity index (χ1) is 12.6. The predicted molar refractivity (Wildman–Crippen MR) is 100.0 cm³/mol. The third-order valence-corrected chi connectivity index (χ3v) is 5.08. The van der Waals surface area contributed by atoms with E-state index >= 15 is 0 Å². The van der Waals surface area contributed by atoms with Gasteiger partial charge in [-0.05, 0) is 18.6 Å². The Hall–Kier alpha value is -2.51. The van der Waals surface area contributed by atoms with Gasteiger partial charge in [-0.3, -0.25) is 19.0 Å². The van der Waals surface area contributed by atoms with Crippen molar-refractivity contribution in [2.75, 3.05) is 26.2 Å². The maximum atomic E-state index is 12.3. The lowest BCUT2D eigenvalue weighted by molar-refractivity contribution is 0.118. The maximum absolute atomic E-state index is 12.3. The summed E-state index contributed by atoms with van der Waals surface area (Å²) in [6.45, 7) is 7.53. The molecule has 1 aliphatic rings. The van der Waals surface area contributed by atoms with Crippen LogP contribution in [0, 0.1) is 6.92 Å². The van der Waals surface area contributed by atoms with Crippen molar-refractivity contribution in [1.82, 2.24) is 28.7 Å². The van der Waals surface area contributed by atoms with Gasteiger partial charge in [-0.25, -0.2) is 9.97 Å². The number of rotatable bonds is 4. The van der Waals surface area contributed by atoms with Crippen molar-refractivity contribution >= 4 is 5.65 Å². The van der Waals surface area contributed by atoms with E-state index in [-0.39, 0.29) is 5.56 Å². The van der Waals surface area contributed by atoms with E-state index < -0.39 is 0 Å². The Kier molecular flexibility index (Phi) is 4.57. The van der Waals surface area contributed by atoms with Crippen molar-refractivity contribution in [2.45, 2.75) is 20.0 Å². The standard InChI is InChI=1S/C19H24N6O/c1-15-4-3-6-25-18(26)12-16(21-19(15)25)13-23-8-10-24(11-9-23)14-17-20-5-7-22(17)2/h3-7,12H,8-11,13-14H2,1-2H3. The number of piperazine rings is 1. The summed E-state index contributed by atoms with van der Waals surface area (Å²) in [5, 5.41) is 0. The molecule has 0 radical (unpaired) electrons. The van der Waals surface area contributed by atoms with Crippen molar-refractivity contribution in [1.29, 1.82) is 0 Å². The number of hydrogen-bond acceptors (Lipinski definition) is 5. The van der Waals surface area contributed by atoms with Gasteiger partial charge in [0.15, 0.2) is 0 Å². The van der Waals surface area contributed by atoms with Gasteiger partial charge in [0.2, 0.25) is 0 Å². The largest absolute Gasteiger partial charge is 0.337 e. The summed E-state index contributed by atoms with van der Waals surface area (Å²) in [5.41, 5.74) is 2.61. The second kappa shape index (κ2) is 7.01. The minimum absolute atomic E-state index is 0.0119. The first-order valence-corrected chi connectivity index (χ1v) is 8.99. The zero-order valence-corrected chi connectivity index (χ0v) is 15.3. The van der Waals surface area contributed by atoms with E-state index in [4.69, 9.17) is 4.98 Å². The van der Waals surface area contributed by atoms with Gasteiger partial charge < -0.3 is 4.57 Å². The smallest absolute Gasteiger partial charge is 0.258 e. The van der Waals surface area contributed by atoms with Gasteiger partial charge in [0.25, 0.3) is 5.56 Å². The highest BCUT2D eigenvalue weighted by atomic mass is 16.1. The van der Waals surface area contributed by atoms with Crippen LogP contribution >= 0.6 is 0 Å². The van der Waals surface area contributed by atoms with E-state index in [1.165, 1.54) is 0 Å². The normalized spacial score (nSPS) is 16.4. The van der Waals surface area contributed by atoms with E-state index in [1.807, 2.05) is 38.5 Å². The molecule has 4 heterocycles. The number of imidazole rings is 1. The Balaban J connectivity index is 1.41. The van der Waals surface area contributed by atoms with Crippen molar-refractivity contribution < 1.29 is 0 Å². The second-order valence-corrected chi connectivity index (χ2v) is 6.98. The molecule has 3 aromatic heterocycles. The Morgan fingerprint density at radius 1 is 1.08 bits per heavy atom. The number of pyridine rings is 1. The quantitative estimate of drug-likeness (QED) is 0.703. The molecule has 1 fully saturated rings. The molecule has 0 saturated carbocycles. The average molecular weight is 352 g/mol. The molecule has 0 aromatic carbocycles. The molecule has 0 aliphatic carbocycles. The van der Waals surface area contributed by atoms with Gasteiger partial charge in [-0.1, -0.05) is 6.07 Å². The number of nitrogens with zero attached hydrogens (tertiary/aromatic N) is 6. The van der Waals surface area contributed by atoms with Gasteiger partial charge >= 0.3 is 0 Å². The minimum Gasteiger partial charge on any atom is -0.337 e. The SMILES string of the molecule is Cc1cccn2c(=O)cc(CN3CCN(Cc4nccn4C)CC3)nc12. The summed E-state index contributed by atoms with van der Waals surface area (Å²) in [6.07, 6.45) is 5.60. The third-order valence-electron chi connectivity index (χ3n) is 5.08. The van der Waals surface area contributed by atoms with Crippen LogP contribution in [0.25, 0.3) is 5.65 Å². The lowest BCUT2D eigenvalue weighted by Gasteiger charge is -2.34. The predicted octanol–water partition coefficient (Wildman–Crippen LogP) is 1.05. The number of fused-ring (bicyclic) bond motifs is 1. The molecule has 0 atom stereocenters. The van der Waals surface area contributed by atoms with Gasteiger partial charge in [0.05, 0.1) is 12.2 Å². The van der Waals surface area contributed by atoms with Crippen LogP contribution in [0.2, 0.25) is 0 Å². The van der Waals surface area contributed by atoms with Gasteiger partial charge in [0, 0.05) is 64.4 Å². The molecule has 1 aliphatic heterocycles. The van der Waals surface area contributed by atoms with E-state index in [1.54, 1.807) is 16.7 Å². The molecule has 0 unspecified atom stereocenters. The van der Waals surface area contributed by atoms with Crippen molar-refractivity contribution in [3.63, 3.8) is 0 Å². The van der Waals surface area contributed by atoms with Crippen LogP contribution in [-0.4, -0.2) is 54.9 Å². The highest BCUT2D eigenvalue weighted by Gasteiger charge is 2.19. The van der Waals surface area contributed by atoms with Gasteiger partial charge in [-0.15, -0.1) is 0 Å². The van der Waals surface area contributed by atoms with Crippen LogP contribution in [0.5, 0.6) is 0 Å². The molecule has 7 heteroatoms. The zero-order valence-electron chi connectivity index (χ0n) is 15.3. The average Bonchev–Trinajstić information content (AvgIpc) is 3.03. The molecule has 136 valence electrons. The van der Waals surface area contributed by atoms with Crippen LogP contribution in [0.15, 0.2) is 41.6 Å². The second-order valence-electron chi connectivity index (χ2n) is 6.98. The van der Waals surface area contributed by atoms with E-state index in [9.17, 15) is 4.79 Å². The monoisotopic (exact) mass is 352 g/mol. The fourth-order valence-electron chi connectivity index (χ4n) is 3.47.